The highest BCUT2D eigenvalue weighted by Gasteiger charge is 2.48. The van der Waals surface area contributed by atoms with E-state index >= 15 is 0 Å². The largest absolute Gasteiger partial charge is 0.290 e. The molecule has 2 unspecified atom stereocenters. The molecule has 6 heteroatoms. The predicted molar refractivity (Wildman–Crippen MR) is 160 cm³/mol. The van der Waals surface area contributed by atoms with Crippen molar-refractivity contribution >= 4 is 56.9 Å². The van der Waals surface area contributed by atoms with E-state index in [2.05, 4.69) is 95.7 Å². The lowest BCUT2D eigenvalue weighted by Gasteiger charge is -2.38. The van der Waals surface area contributed by atoms with Crippen molar-refractivity contribution in [3.05, 3.63) is 118 Å². The van der Waals surface area contributed by atoms with E-state index in [1.165, 1.54) is 29.3 Å². The van der Waals surface area contributed by atoms with Gasteiger partial charge >= 0.3 is 0 Å². The smallest absolute Gasteiger partial charge is 0.211 e. The highest BCUT2D eigenvalue weighted by Crippen LogP contribution is 2.52. The maximum absolute atomic E-state index is 13.3. The first-order valence-corrected chi connectivity index (χ1v) is 15.7. The lowest BCUT2D eigenvalue weighted by Crippen LogP contribution is -2.40. The van der Waals surface area contributed by atoms with Crippen molar-refractivity contribution in [1.82, 2.24) is 0 Å². The summed E-state index contributed by atoms with van der Waals surface area (Å²) >= 11 is 7.00. The van der Waals surface area contributed by atoms with Crippen molar-refractivity contribution in [3.63, 3.8) is 0 Å². The topological polar surface area (TPSA) is 34.1 Å². The summed E-state index contributed by atoms with van der Waals surface area (Å²) in [6.07, 6.45) is 0. The van der Waals surface area contributed by atoms with Crippen LogP contribution >= 0.6 is 45.3 Å². The van der Waals surface area contributed by atoms with Gasteiger partial charge < -0.3 is 0 Å². The van der Waals surface area contributed by atoms with E-state index in [4.69, 9.17) is 0 Å². The van der Waals surface area contributed by atoms with Gasteiger partial charge in [0, 0.05) is 29.3 Å². The third kappa shape index (κ3) is 3.34. The molecule has 4 heterocycles. The van der Waals surface area contributed by atoms with E-state index in [1.807, 2.05) is 0 Å². The van der Waals surface area contributed by atoms with Gasteiger partial charge in [-0.15, -0.1) is 45.3 Å². The van der Waals surface area contributed by atoms with Gasteiger partial charge in [0.25, 0.3) is 0 Å². The first-order chi connectivity index (χ1) is 18.7. The molecule has 6 aromatic rings. The van der Waals surface area contributed by atoms with E-state index < -0.39 is 11.8 Å². The van der Waals surface area contributed by atoms with Gasteiger partial charge in [0.1, 0.15) is 0 Å². The molecule has 9 rings (SSSR count). The Morgan fingerprint density at radius 2 is 0.895 bits per heavy atom. The van der Waals surface area contributed by atoms with Gasteiger partial charge in [0.2, 0.25) is 11.6 Å². The Morgan fingerprint density at radius 3 is 1.32 bits per heavy atom. The Morgan fingerprint density at radius 1 is 0.447 bits per heavy atom. The highest BCUT2D eigenvalue weighted by atomic mass is 32.1. The van der Waals surface area contributed by atoms with Crippen LogP contribution < -0.4 is 0 Å². The number of benzene rings is 2. The zero-order chi connectivity index (χ0) is 25.4. The molecule has 0 fully saturated rings. The Hall–Kier alpha value is -3.42. The summed E-state index contributed by atoms with van der Waals surface area (Å²) < 4.78 is 0. The number of ketones is 2. The molecule has 0 amide bonds. The molecule has 0 N–H and O–H groups in total. The fourth-order valence-corrected chi connectivity index (χ4v) is 9.43. The van der Waals surface area contributed by atoms with Crippen LogP contribution in [0.3, 0.4) is 0 Å². The predicted octanol–water partition coefficient (Wildman–Crippen LogP) is 9.33. The molecule has 0 saturated carbocycles. The van der Waals surface area contributed by atoms with Crippen molar-refractivity contribution in [2.45, 2.75) is 11.8 Å². The number of thiophene rings is 4. The van der Waals surface area contributed by atoms with Crippen molar-refractivity contribution in [2.24, 2.45) is 0 Å². The highest BCUT2D eigenvalue weighted by molar-refractivity contribution is 7.23. The second-order valence-electron chi connectivity index (χ2n) is 9.56. The van der Waals surface area contributed by atoms with Crippen LogP contribution in [0.2, 0.25) is 0 Å². The first-order valence-electron chi connectivity index (χ1n) is 12.3. The van der Waals surface area contributed by atoms with E-state index in [0.717, 1.165) is 33.4 Å². The zero-order valence-electron chi connectivity index (χ0n) is 19.8. The Bertz CT molecular complexity index is 1730. The number of carbonyl (C=O) groups is 2. The van der Waals surface area contributed by atoms with E-state index in [9.17, 15) is 9.59 Å². The van der Waals surface area contributed by atoms with E-state index in [1.54, 1.807) is 45.3 Å². The fraction of sp³-hybridized carbons (Fsp3) is 0.0625. The third-order valence-electron chi connectivity index (χ3n) is 7.49. The average Bonchev–Trinajstić information content (AvgIpc) is 3.76. The summed E-state index contributed by atoms with van der Waals surface area (Å²) in [6.45, 7) is 0. The molecule has 0 spiro atoms. The molecule has 2 atom stereocenters. The van der Waals surface area contributed by atoms with Crippen LogP contribution in [0.1, 0.15) is 34.1 Å². The summed E-state index contributed by atoms with van der Waals surface area (Å²) in [7, 11) is 0. The van der Waals surface area contributed by atoms with Crippen LogP contribution in [-0.2, 0) is 9.59 Å². The quantitative estimate of drug-likeness (QED) is 0.201. The Labute approximate surface area is 235 Å². The van der Waals surface area contributed by atoms with Gasteiger partial charge in [0.05, 0.1) is 11.8 Å². The molecular formula is C32H18O2S4. The van der Waals surface area contributed by atoms with E-state index in [0.29, 0.717) is 0 Å². The van der Waals surface area contributed by atoms with Gasteiger partial charge in [-0.2, -0.15) is 0 Å². The second kappa shape index (κ2) is 8.55. The number of Topliss-reactive ketones (excluding diaryl/α,β-unsaturated/α-hetero) is 2. The van der Waals surface area contributed by atoms with Gasteiger partial charge in [-0.05, 0) is 92.7 Å². The maximum Gasteiger partial charge on any atom is 0.211 e. The van der Waals surface area contributed by atoms with Crippen molar-refractivity contribution in [3.8, 4) is 40.4 Å². The Balaban J connectivity index is 1.20. The Kier molecular flexibility index (Phi) is 5.07. The number of hydrogen-bond acceptors (Lipinski definition) is 6. The van der Waals surface area contributed by atoms with Crippen LogP contribution in [0.4, 0.5) is 0 Å². The van der Waals surface area contributed by atoms with Gasteiger partial charge in [-0.1, -0.05) is 36.4 Å². The zero-order valence-corrected chi connectivity index (χ0v) is 23.1. The lowest BCUT2D eigenvalue weighted by atomic mass is 9.62. The molecular weight excluding hydrogens is 545 g/mol. The number of carbonyl (C=O) groups excluding carboxylic acids is 2. The minimum Gasteiger partial charge on any atom is -0.290 e. The molecule has 3 aliphatic carbocycles. The molecule has 2 aromatic carbocycles. The van der Waals surface area contributed by atoms with Crippen molar-refractivity contribution < 1.29 is 9.59 Å². The molecule has 0 saturated heterocycles. The van der Waals surface area contributed by atoms with Crippen LogP contribution in [-0.4, -0.2) is 11.6 Å². The molecule has 0 radical (unpaired) electrons. The number of rotatable bonds is 4. The third-order valence-corrected chi connectivity index (χ3v) is 11.9. The van der Waals surface area contributed by atoms with Gasteiger partial charge in [0.15, 0.2) is 0 Å². The van der Waals surface area contributed by atoms with Crippen LogP contribution in [0, 0.1) is 0 Å². The molecule has 38 heavy (non-hydrogen) atoms. The summed E-state index contributed by atoms with van der Waals surface area (Å²) in [5.74, 6) is -1.59. The van der Waals surface area contributed by atoms with Crippen LogP contribution in [0.15, 0.2) is 95.7 Å². The monoisotopic (exact) mass is 562 g/mol. The molecule has 182 valence electrons. The lowest BCUT2D eigenvalue weighted by molar-refractivity contribution is -0.138. The van der Waals surface area contributed by atoms with E-state index in [-0.39, 0.29) is 11.6 Å². The summed E-state index contributed by atoms with van der Waals surface area (Å²) in [6, 6.07) is 29.7. The first kappa shape index (κ1) is 22.6. The average molecular weight is 563 g/mol. The van der Waals surface area contributed by atoms with Crippen molar-refractivity contribution in [2.75, 3.05) is 0 Å². The van der Waals surface area contributed by atoms with Crippen molar-refractivity contribution in [1.29, 1.82) is 0 Å². The fourth-order valence-electron chi connectivity index (χ4n) is 5.75. The molecule has 3 aliphatic rings. The second-order valence-corrected chi connectivity index (χ2v) is 13.6. The van der Waals surface area contributed by atoms with Crippen LogP contribution in [0.5, 0.6) is 0 Å². The maximum atomic E-state index is 13.3. The minimum atomic E-state index is -0.520. The number of hydrogen-bond donors (Lipinski definition) is 0. The number of fused-ring (bicyclic) bond motifs is 1. The summed E-state index contributed by atoms with van der Waals surface area (Å²) in [5, 5.41) is 4.19. The summed E-state index contributed by atoms with van der Waals surface area (Å²) in [5.41, 5.74) is 6.13. The van der Waals surface area contributed by atoms with Gasteiger partial charge in [-0.3, -0.25) is 9.59 Å². The normalized spacial score (nSPS) is 17.6. The molecule has 0 aliphatic heterocycles. The standard InChI is InChI=1S/C32H18O2S4/c33-31-29-20-8-6-18(24-10-12-28(38-24)26-4-2-14-36-26)16-22(20)30(32(31)34)19-7-5-17(15-21(19)29)23-9-11-27(37-23)25-3-1-13-35-25/h1-16,29-30H. The molecule has 4 aromatic heterocycles. The molecule has 2 bridgehead atoms. The minimum absolute atomic E-state index is 0.276. The SMILES string of the molecule is O=C1C(=O)C2c3ccc(-c4ccc(-c5cccs5)s4)cc3C1c1ccc(-c3ccc(-c4cccs4)s3)cc12. The summed E-state index contributed by atoms with van der Waals surface area (Å²) in [4.78, 5) is 33.9. The molecule has 2 nitrogen and oxygen atoms in total. The van der Waals surface area contributed by atoms with Gasteiger partial charge in [-0.25, -0.2) is 0 Å². The van der Waals surface area contributed by atoms with Crippen LogP contribution in [0.25, 0.3) is 40.4 Å².